The number of hydrogen-bond acceptors (Lipinski definition) is 6. The summed E-state index contributed by atoms with van der Waals surface area (Å²) in [6.45, 7) is 1.66. The van der Waals surface area contributed by atoms with E-state index in [-0.39, 0.29) is 0 Å². The van der Waals surface area contributed by atoms with Crippen molar-refractivity contribution in [1.82, 2.24) is 0 Å². The van der Waals surface area contributed by atoms with Crippen LogP contribution in [-0.4, -0.2) is 61.7 Å². The van der Waals surface area contributed by atoms with Gasteiger partial charge in [-0.25, -0.2) is 4.79 Å². The molecule has 152 valence electrons. The number of hydrogen-bond donors (Lipinski definition) is 5. The molecule has 5 N–H and O–H groups in total. The molecular weight excluding hydrogens is 400 g/mol. The Bertz CT molecular complexity index is 1180. The molecule has 31 heavy (non-hydrogen) atoms. The Kier molecular flexibility index (Phi) is 14.0. The molecule has 0 heterocycles. The van der Waals surface area contributed by atoms with E-state index in [9.17, 15) is 24.9 Å². The van der Waals surface area contributed by atoms with Gasteiger partial charge in [-0.15, -0.1) is 0 Å². The van der Waals surface area contributed by atoms with Crippen LogP contribution in [0.1, 0.15) is 13.3 Å². The van der Waals surface area contributed by atoms with Gasteiger partial charge in [0, 0.05) is 0 Å². The molecule has 0 bridgehead atoms. The summed E-state index contributed by atoms with van der Waals surface area (Å²) in [5.41, 5.74) is 0. The third-order valence-electron chi connectivity index (χ3n) is 2.87. The molecule has 0 unspecified atom stereocenters. The Labute approximate surface area is 179 Å². The summed E-state index contributed by atoms with van der Waals surface area (Å²) >= 11 is 0. The van der Waals surface area contributed by atoms with Gasteiger partial charge < -0.3 is 25.5 Å². The predicted octanol–water partition coefficient (Wildman–Crippen LogP) is -2.48. The van der Waals surface area contributed by atoms with Crippen molar-refractivity contribution in [2.75, 3.05) is 0 Å². The van der Waals surface area contributed by atoms with E-state index in [1.54, 1.807) is 6.92 Å². The zero-order valence-corrected chi connectivity index (χ0v) is 16.1. The first-order valence-corrected chi connectivity index (χ1v) is 8.20. The molecule has 0 spiro atoms. The van der Waals surface area contributed by atoms with Crippen molar-refractivity contribution >= 4 is 11.8 Å². The van der Waals surface area contributed by atoms with Crippen LogP contribution >= 0.6 is 0 Å². The van der Waals surface area contributed by atoms with Crippen LogP contribution in [0.25, 0.3) is 0 Å². The van der Waals surface area contributed by atoms with Gasteiger partial charge in [-0.1, -0.05) is 11.8 Å². The van der Waals surface area contributed by atoms with Crippen LogP contribution < -0.4 is 0 Å². The summed E-state index contributed by atoms with van der Waals surface area (Å²) in [5.74, 6) is 35.7. The Morgan fingerprint density at radius 1 is 0.613 bits per heavy atom. The molecule has 0 amide bonds. The number of aliphatic hydroxyl groups excluding tert-OH is 4. The molecule has 0 saturated carbocycles. The van der Waals surface area contributed by atoms with Crippen molar-refractivity contribution in [3.05, 3.63) is 0 Å². The zero-order chi connectivity index (χ0) is 23.5. The molecular formula is C24H14O7. The highest BCUT2D eigenvalue weighted by molar-refractivity contribution is 5.86. The maximum atomic E-state index is 11.6. The molecule has 0 aliphatic heterocycles. The topological polar surface area (TPSA) is 135 Å². The summed E-state index contributed by atoms with van der Waals surface area (Å²) in [6, 6.07) is 0. The monoisotopic (exact) mass is 414 g/mol. The maximum Gasteiger partial charge on any atom is 0.335 e. The SMILES string of the molecule is CC#CC#CC#CC#CC#CC#CC#CC#CCC(=O)[C@@H](O)[C@H](O)[C@@H](O)[C@@H](O)C(=O)O. The minimum absolute atomic E-state index is 0.540. The summed E-state index contributed by atoms with van der Waals surface area (Å²) in [6.07, 6.45) is -9.50. The molecule has 0 saturated heterocycles. The van der Waals surface area contributed by atoms with Gasteiger partial charge in [0.25, 0.3) is 0 Å². The second-order valence-electron chi connectivity index (χ2n) is 5.03. The zero-order valence-electron chi connectivity index (χ0n) is 16.1. The average Bonchev–Trinajstić information content (AvgIpc) is 2.76. The van der Waals surface area contributed by atoms with Crippen LogP contribution in [0.15, 0.2) is 0 Å². The predicted molar refractivity (Wildman–Crippen MR) is 109 cm³/mol. The lowest BCUT2D eigenvalue weighted by Gasteiger charge is -2.23. The lowest BCUT2D eigenvalue weighted by atomic mass is 9.99. The molecule has 0 aromatic heterocycles. The van der Waals surface area contributed by atoms with Gasteiger partial charge in [0.2, 0.25) is 0 Å². The third kappa shape index (κ3) is 12.5. The van der Waals surface area contributed by atoms with Crippen LogP contribution in [0.3, 0.4) is 0 Å². The van der Waals surface area contributed by atoms with E-state index in [2.05, 4.69) is 94.7 Å². The van der Waals surface area contributed by atoms with Gasteiger partial charge in [-0.05, 0) is 89.8 Å². The van der Waals surface area contributed by atoms with Crippen molar-refractivity contribution in [3.8, 4) is 94.7 Å². The smallest absolute Gasteiger partial charge is 0.335 e. The Balaban J connectivity index is 4.60. The van der Waals surface area contributed by atoms with Crippen molar-refractivity contribution in [2.24, 2.45) is 0 Å². The molecule has 0 rings (SSSR count). The van der Waals surface area contributed by atoms with E-state index in [1.165, 1.54) is 0 Å². The largest absolute Gasteiger partial charge is 0.479 e. The van der Waals surface area contributed by atoms with Crippen LogP contribution in [0.2, 0.25) is 0 Å². The lowest BCUT2D eigenvalue weighted by molar-refractivity contribution is -0.165. The number of carbonyl (C=O) groups is 2. The summed E-state index contributed by atoms with van der Waals surface area (Å²) in [5, 5.41) is 46.1. The fourth-order valence-electron chi connectivity index (χ4n) is 1.43. The second-order valence-corrected chi connectivity index (χ2v) is 5.03. The Hall–Kier alpha value is -4.54. The molecule has 4 atom stereocenters. The molecule has 0 fully saturated rings. The standard InChI is InChI=1S/C24H14O7/c1-2-3-4-5-6-7-8-9-10-11-12-13-14-15-16-17-18-19(25)20(26)21(27)22(28)23(29)24(30)31/h20-23,26-29H,18H2,1H3,(H,30,31)/t20-,21+,22-,23-/m1/s1. The summed E-state index contributed by atoms with van der Waals surface area (Å²) in [7, 11) is 0. The van der Waals surface area contributed by atoms with E-state index in [0.29, 0.717) is 0 Å². The number of aliphatic hydroxyl groups is 4. The highest BCUT2D eigenvalue weighted by Gasteiger charge is 2.36. The fraction of sp³-hybridized carbons (Fsp3) is 0.250. The minimum atomic E-state index is -2.37. The molecule has 7 nitrogen and oxygen atoms in total. The van der Waals surface area contributed by atoms with Gasteiger partial charge in [0.05, 0.1) is 6.42 Å². The third-order valence-corrected chi connectivity index (χ3v) is 2.87. The molecule has 0 aromatic rings. The van der Waals surface area contributed by atoms with E-state index < -0.39 is 42.6 Å². The molecule has 0 aliphatic carbocycles. The average molecular weight is 414 g/mol. The first-order chi connectivity index (χ1) is 14.8. The quantitative estimate of drug-likeness (QED) is 0.304. The molecule has 0 radical (unpaired) electrons. The van der Waals surface area contributed by atoms with Gasteiger partial charge in [-0.2, -0.15) is 0 Å². The van der Waals surface area contributed by atoms with Crippen molar-refractivity contribution in [2.45, 2.75) is 37.8 Å². The van der Waals surface area contributed by atoms with Gasteiger partial charge >= 0.3 is 5.97 Å². The number of carbonyl (C=O) groups excluding carboxylic acids is 1. The number of rotatable bonds is 6. The van der Waals surface area contributed by atoms with E-state index in [4.69, 9.17) is 10.2 Å². The van der Waals surface area contributed by atoms with Crippen LogP contribution in [0, 0.1) is 94.7 Å². The van der Waals surface area contributed by atoms with E-state index in [1.807, 2.05) is 0 Å². The highest BCUT2D eigenvalue weighted by Crippen LogP contribution is 2.07. The Morgan fingerprint density at radius 3 is 1.35 bits per heavy atom. The van der Waals surface area contributed by atoms with Gasteiger partial charge in [0.15, 0.2) is 11.9 Å². The van der Waals surface area contributed by atoms with Crippen LogP contribution in [0.4, 0.5) is 0 Å². The highest BCUT2D eigenvalue weighted by atomic mass is 16.4. The number of ketones is 1. The number of aliphatic carboxylic acids is 1. The first-order valence-electron chi connectivity index (χ1n) is 8.20. The maximum absolute atomic E-state index is 11.6. The van der Waals surface area contributed by atoms with Crippen LogP contribution in [-0.2, 0) is 9.59 Å². The summed E-state index contributed by atoms with van der Waals surface area (Å²) < 4.78 is 0. The van der Waals surface area contributed by atoms with Crippen molar-refractivity contribution in [1.29, 1.82) is 0 Å². The van der Waals surface area contributed by atoms with Crippen molar-refractivity contribution in [3.63, 3.8) is 0 Å². The molecule has 0 aromatic carbocycles. The number of carboxylic acids is 1. The molecule has 7 heteroatoms. The van der Waals surface area contributed by atoms with E-state index >= 15 is 0 Å². The second kappa shape index (κ2) is 16.4. The minimum Gasteiger partial charge on any atom is -0.479 e. The number of Topliss-reactive ketones (excluding diaryl/α,β-unsaturated/α-hetero) is 1. The van der Waals surface area contributed by atoms with Crippen LogP contribution in [0.5, 0.6) is 0 Å². The van der Waals surface area contributed by atoms with E-state index in [0.717, 1.165) is 0 Å². The van der Waals surface area contributed by atoms with Gasteiger partial charge in [0.1, 0.15) is 18.3 Å². The summed E-state index contributed by atoms with van der Waals surface area (Å²) in [4.78, 5) is 22.2. The molecule has 0 aliphatic rings. The Morgan fingerprint density at radius 2 is 0.968 bits per heavy atom. The normalized spacial score (nSPS) is 11.3. The van der Waals surface area contributed by atoms with Crippen molar-refractivity contribution < 1.29 is 35.1 Å². The fourth-order valence-corrected chi connectivity index (χ4v) is 1.43. The van der Waals surface area contributed by atoms with Gasteiger partial charge in [-0.3, -0.25) is 4.79 Å². The number of carboxylic acid groups (broad SMARTS) is 1. The first kappa shape index (κ1) is 26.5. The lowest BCUT2D eigenvalue weighted by Crippen LogP contribution is -2.49.